The highest BCUT2D eigenvalue weighted by Crippen LogP contribution is 2.36. The quantitative estimate of drug-likeness (QED) is 0.851. The molecular weight excluding hydrogens is 236 g/mol. The number of benzene rings is 1. The van der Waals surface area contributed by atoms with Crippen molar-refractivity contribution in [3.63, 3.8) is 0 Å². The van der Waals surface area contributed by atoms with Crippen molar-refractivity contribution in [1.29, 1.82) is 0 Å². The first-order valence-electron chi connectivity index (χ1n) is 6.99. The highest BCUT2D eigenvalue weighted by Gasteiger charge is 2.36. The summed E-state index contributed by atoms with van der Waals surface area (Å²) in [5, 5.41) is 10.7. The van der Waals surface area contributed by atoms with Gasteiger partial charge in [0.15, 0.2) is 0 Å². The van der Waals surface area contributed by atoms with Crippen LogP contribution >= 0.6 is 0 Å². The number of aliphatic hydroxyl groups is 1. The molecule has 102 valence electrons. The van der Waals surface area contributed by atoms with Gasteiger partial charge in [0.2, 0.25) is 0 Å². The predicted octanol–water partition coefficient (Wildman–Crippen LogP) is 3.94. The largest absolute Gasteiger partial charge is 0.469 e. The topological polar surface area (TPSA) is 33.4 Å². The van der Waals surface area contributed by atoms with Crippen LogP contribution in [0.4, 0.5) is 0 Å². The molecule has 2 nitrogen and oxygen atoms in total. The van der Waals surface area contributed by atoms with E-state index >= 15 is 0 Å². The molecule has 0 aliphatic heterocycles. The lowest BCUT2D eigenvalue weighted by Gasteiger charge is -2.37. The van der Waals surface area contributed by atoms with Crippen LogP contribution in [0.2, 0.25) is 0 Å². The van der Waals surface area contributed by atoms with Crippen molar-refractivity contribution >= 4 is 0 Å². The molecule has 0 saturated carbocycles. The molecule has 2 rings (SSSR count). The van der Waals surface area contributed by atoms with E-state index in [1.165, 1.54) is 5.56 Å². The highest BCUT2D eigenvalue weighted by atomic mass is 16.3. The second-order valence-electron chi connectivity index (χ2n) is 5.03. The zero-order valence-electron chi connectivity index (χ0n) is 11.7. The van der Waals surface area contributed by atoms with Crippen molar-refractivity contribution in [2.45, 2.75) is 44.6 Å². The van der Waals surface area contributed by atoms with E-state index in [-0.39, 0.29) is 5.41 Å². The van der Waals surface area contributed by atoms with Crippen LogP contribution in [0.25, 0.3) is 0 Å². The number of hydrogen-bond donors (Lipinski definition) is 1. The van der Waals surface area contributed by atoms with E-state index in [1.54, 1.807) is 6.26 Å². The second-order valence-corrected chi connectivity index (χ2v) is 5.03. The predicted molar refractivity (Wildman–Crippen MR) is 77.1 cm³/mol. The van der Waals surface area contributed by atoms with Crippen molar-refractivity contribution in [2.24, 2.45) is 0 Å². The highest BCUT2D eigenvalue weighted by molar-refractivity contribution is 5.27. The first kappa shape index (κ1) is 13.9. The fourth-order valence-corrected chi connectivity index (χ4v) is 2.91. The van der Waals surface area contributed by atoms with Crippen LogP contribution < -0.4 is 0 Å². The second kappa shape index (κ2) is 6.07. The smallest absolute Gasteiger partial charge is 0.106 e. The van der Waals surface area contributed by atoms with Crippen molar-refractivity contribution in [3.8, 4) is 0 Å². The van der Waals surface area contributed by atoms with Crippen LogP contribution in [-0.4, -0.2) is 11.2 Å². The van der Waals surface area contributed by atoms with Crippen LogP contribution in [0.1, 0.15) is 38.0 Å². The Balaban J connectivity index is 2.28. The number of rotatable bonds is 6. The van der Waals surface area contributed by atoms with E-state index in [9.17, 15) is 5.11 Å². The van der Waals surface area contributed by atoms with Gasteiger partial charge in [0.1, 0.15) is 5.76 Å². The molecular formula is C17H22O2. The van der Waals surface area contributed by atoms with E-state index in [0.717, 1.165) is 18.6 Å². The Morgan fingerprint density at radius 1 is 1.05 bits per heavy atom. The molecule has 1 atom stereocenters. The molecule has 1 aromatic carbocycles. The first-order valence-corrected chi connectivity index (χ1v) is 6.99. The molecule has 0 bridgehead atoms. The van der Waals surface area contributed by atoms with E-state index in [2.05, 4.69) is 26.0 Å². The molecule has 0 aliphatic carbocycles. The molecule has 2 aromatic rings. The molecule has 0 amide bonds. The fourth-order valence-electron chi connectivity index (χ4n) is 2.91. The third kappa shape index (κ3) is 2.74. The van der Waals surface area contributed by atoms with Gasteiger partial charge in [-0.05, 0) is 30.5 Å². The average Bonchev–Trinajstić information content (AvgIpc) is 2.95. The van der Waals surface area contributed by atoms with Crippen LogP contribution in [-0.2, 0) is 11.8 Å². The van der Waals surface area contributed by atoms with Gasteiger partial charge in [0, 0.05) is 11.8 Å². The maximum atomic E-state index is 10.7. The number of aliphatic hydroxyl groups excluding tert-OH is 1. The molecule has 1 unspecified atom stereocenters. The summed E-state index contributed by atoms with van der Waals surface area (Å²) in [4.78, 5) is 0. The van der Waals surface area contributed by atoms with Gasteiger partial charge in [-0.15, -0.1) is 0 Å². The minimum atomic E-state index is -0.434. The Kier molecular flexibility index (Phi) is 4.43. The van der Waals surface area contributed by atoms with Crippen LogP contribution in [0.15, 0.2) is 53.1 Å². The normalized spacial score (nSPS) is 13.4. The molecule has 0 aliphatic rings. The van der Waals surface area contributed by atoms with Gasteiger partial charge < -0.3 is 9.52 Å². The lowest BCUT2D eigenvalue weighted by Crippen LogP contribution is -2.40. The lowest BCUT2D eigenvalue weighted by atomic mass is 9.70. The third-order valence-electron chi connectivity index (χ3n) is 4.22. The third-order valence-corrected chi connectivity index (χ3v) is 4.22. The molecule has 1 aromatic heterocycles. The minimum absolute atomic E-state index is 0.200. The zero-order chi connectivity index (χ0) is 13.7. The molecule has 19 heavy (non-hydrogen) atoms. The Morgan fingerprint density at radius 3 is 2.26 bits per heavy atom. The number of hydrogen-bond acceptors (Lipinski definition) is 2. The van der Waals surface area contributed by atoms with Crippen LogP contribution in [0, 0.1) is 0 Å². The molecule has 0 saturated heterocycles. The summed E-state index contributed by atoms with van der Waals surface area (Å²) in [6.07, 6.45) is 3.61. The monoisotopic (exact) mass is 258 g/mol. The van der Waals surface area contributed by atoms with E-state index in [0.29, 0.717) is 6.42 Å². The minimum Gasteiger partial charge on any atom is -0.469 e. The van der Waals surface area contributed by atoms with Gasteiger partial charge in [-0.2, -0.15) is 0 Å². The van der Waals surface area contributed by atoms with Crippen molar-refractivity contribution < 1.29 is 9.52 Å². The average molecular weight is 258 g/mol. The van der Waals surface area contributed by atoms with Crippen LogP contribution in [0.5, 0.6) is 0 Å². The maximum Gasteiger partial charge on any atom is 0.106 e. The first-order chi connectivity index (χ1) is 9.23. The lowest BCUT2D eigenvalue weighted by molar-refractivity contribution is 0.0688. The maximum absolute atomic E-state index is 10.7. The van der Waals surface area contributed by atoms with Gasteiger partial charge >= 0.3 is 0 Å². The summed E-state index contributed by atoms with van der Waals surface area (Å²) >= 11 is 0. The molecule has 0 fully saturated rings. The number of furan rings is 1. The summed E-state index contributed by atoms with van der Waals surface area (Å²) < 4.78 is 5.36. The van der Waals surface area contributed by atoms with E-state index in [4.69, 9.17) is 4.42 Å². The van der Waals surface area contributed by atoms with E-state index in [1.807, 2.05) is 30.3 Å². The Bertz CT molecular complexity index is 469. The van der Waals surface area contributed by atoms with Gasteiger partial charge in [-0.25, -0.2) is 0 Å². The van der Waals surface area contributed by atoms with Crippen molar-refractivity contribution in [2.75, 3.05) is 0 Å². The van der Waals surface area contributed by atoms with Crippen molar-refractivity contribution in [1.82, 2.24) is 0 Å². The van der Waals surface area contributed by atoms with Gasteiger partial charge in [0.25, 0.3) is 0 Å². The molecule has 0 radical (unpaired) electrons. The van der Waals surface area contributed by atoms with Gasteiger partial charge in [-0.3, -0.25) is 0 Å². The van der Waals surface area contributed by atoms with Gasteiger partial charge in [-0.1, -0.05) is 44.2 Å². The zero-order valence-corrected chi connectivity index (χ0v) is 11.7. The van der Waals surface area contributed by atoms with Crippen molar-refractivity contribution in [3.05, 3.63) is 60.1 Å². The van der Waals surface area contributed by atoms with E-state index < -0.39 is 6.10 Å². The summed E-state index contributed by atoms with van der Waals surface area (Å²) in [6, 6.07) is 14.1. The van der Waals surface area contributed by atoms with Crippen LogP contribution in [0.3, 0.4) is 0 Å². The Hall–Kier alpha value is -1.54. The summed E-state index contributed by atoms with van der Waals surface area (Å²) in [5.74, 6) is 0.842. The molecule has 1 N–H and O–H groups in total. The summed E-state index contributed by atoms with van der Waals surface area (Å²) in [7, 11) is 0. The SMILES string of the molecule is CCC(CC)(c1ccccc1)C(O)Cc1ccco1. The fraction of sp³-hybridized carbons (Fsp3) is 0.412. The Labute approximate surface area is 115 Å². The summed E-state index contributed by atoms with van der Waals surface area (Å²) in [5.41, 5.74) is 1.01. The van der Waals surface area contributed by atoms with Gasteiger partial charge in [0.05, 0.1) is 12.4 Å². The molecule has 0 spiro atoms. The standard InChI is InChI=1S/C17H22O2/c1-3-17(4-2,14-9-6-5-7-10-14)16(18)13-15-11-8-12-19-15/h5-12,16,18H,3-4,13H2,1-2H3. The summed E-state index contributed by atoms with van der Waals surface area (Å²) in [6.45, 7) is 4.28. The molecule has 2 heteroatoms. The Morgan fingerprint density at radius 2 is 1.74 bits per heavy atom. The molecule has 1 heterocycles.